The summed E-state index contributed by atoms with van der Waals surface area (Å²) in [6, 6.07) is 0. The minimum atomic E-state index is 0.440. The summed E-state index contributed by atoms with van der Waals surface area (Å²) in [6.07, 6.45) is 34.0. The van der Waals surface area contributed by atoms with E-state index < -0.39 is 0 Å². The van der Waals surface area contributed by atoms with E-state index in [1.54, 1.807) is 0 Å². The highest BCUT2D eigenvalue weighted by molar-refractivity contribution is 4.84. The van der Waals surface area contributed by atoms with Crippen molar-refractivity contribution in [3.63, 3.8) is 0 Å². The van der Waals surface area contributed by atoms with Gasteiger partial charge in [0.15, 0.2) is 0 Å². The average Bonchev–Trinajstić information content (AvgIpc) is 3.84. The highest BCUT2D eigenvalue weighted by Crippen LogP contribution is 2.36. The van der Waals surface area contributed by atoms with Crippen LogP contribution in [0.3, 0.4) is 0 Å². The lowest BCUT2D eigenvalue weighted by molar-refractivity contribution is -0.0190. The lowest BCUT2D eigenvalue weighted by Crippen LogP contribution is -2.19. The van der Waals surface area contributed by atoms with Gasteiger partial charge in [-0.2, -0.15) is 0 Å². The first-order valence-electron chi connectivity index (χ1n) is 18.6. The van der Waals surface area contributed by atoms with Crippen LogP contribution in [0.15, 0.2) is 0 Å². The Morgan fingerprint density at radius 1 is 0.143 bits per heavy atom. The van der Waals surface area contributed by atoms with Gasteiger partial charge >= 0.3 is 0 Å². The van der Waals surface area contributed by atoms with Crippen LogP contribution < -0.4 is 0 Å². The van der Waals surface area contributed by atoms with Crippen LogP contribution in [0.4, 0.5) is 0 Å². The molecule has 0 aromatic heterocycles. The third-order valence-corrected chi connectivity index (χ3v) is 12.0. The zero-order valence-corrected chi connectivity index (χ0v) is 26.3. The summed E-state index contributed by atoms with van der Waals surface area (Å²) in [5, 5.41) is 0. The van der Waals surface area contributed by atoms with E-state index in [-0.39, 0.29) is 0 Å². The molecule has 0 aliphatic carbocycles. The molecule has 7 rings (SSSR count). The molecular formula is C36H60O6. The van der Waals surface area contributed by atoms with E-state index in [2.05, 4.69) is 0 Å². The van der Waals surface area contributed by atoms with Crippen molar-refractivity contribution in [3.05, 3.63) is 0 Å². The van der Waals surface area contributed by atoms with Crippen molar-refractivity contribution in [1.29, 1.82) is 0 Å². The molecule has 0 saturated carbocycles. The Bertz CT molecular complexity index is 592. The molecule has 0 unspecified atom stereocenters. The first-order chi connectivity index (χ1) is 20.7. The third-order valence-electron chi connectivity index (χ3n) is 12.0. The fourth-order valence-corrected chi connectivity index (χ4v) is 9.46. The first kappa shape index (κ1) is 30.4. The van der Waals surface area contributed by atoms with E-state index >= 15 is 0 Å². The summed E-state index contributed by atoms with van der Waals surface area (Å²) in [6.45, 7) is 0. The minimum Gasteiger partial charge on any atom is -0.375 e. The van der Waals surface area contributed by atoms with Crippen LogP contribution in [0, 0.1) is 0 Å². The topological polar surface area (TPSA) is 55.4 Å². The summed E-state index contributed by atoms with van der Waals surface area (Å²) < 4.78 is 39.0. The number of hydrogen-bond donors (Lipinski definition) is 0. The second-order valence-corrected chi connectivity index (χ2v) is 15.2. The summed E-state index contributed by atoms with van der Waals surface area (Å²) in [5.74, 6) is 0. The molecule has 7 aliphatic heterocycles. The molecule has 7 heterocycles. The highest BCUT2D eigenvalue weighted by atomic mass is 16.5. The van der Waals surface area contributed by atoms with Crippen molar-refractivity contribution in [2.75, 3.05) is 0 Å². The Balaban J connectivity index is 0.883. The standard InChI is InChI=1S/C36H60O6/c1-2-26-15-16-28-5-6-30(39-28)19-20-32-9-10-34(41-32)23-24-36-12-11-35(42-36)22-21-33-8-7-31(40-33)18-17-29-4-3-27(38-29)14-13-25(1)37-26/h25-36H,1-24H2. The molecule has 6 nitrogen and oxygen atoms in total. The van der Waals surface area contributed by atoms with Crippen LogP contribution >= 0.6 is 0 Å². The molecule has 0 N–H and O–H groups in total. The van der Waals surface area contributed by atoms with Gasteiger partial charge in [-0.3, -0.25) is 0 Å². The predicted molar refractivity (Wildman–Crippen MR) is 163 cm³/mol. The molecule has 12 bridgehead atoms. The molecule has 0 spiro atoms. The Kier molecular flexibility index (Phi) is 10.8. The number of rotatable bonds is 0. The SMILES string of the molecule is C1CC2CCC3CCC(CCC4CCC(CCC5CCC(CCC6CCC(CCC7CCC(CCC1O2)O7)O6)O5)O4)O3. The maximum Gasteiger partial charge on any atom is 0.0580 e. The lowest BCUT2D eigenvalue weighted by atomic mass is 10.0. The van der Waals surface area contributed by atoms with Crippen LogP contribution in [-0.2, 0) is 28.4 Å². The zero-order valence-electron chi connectivity index (χ0n) is 26.3. The maximum atomic E-state index is 6.50. The van der Waals surface area contributed by atoms with Gasteiger partial charge in [-0.15, -0.1) is 0 Å². The van der Waals surface area contributed by atoms with Gasteiger partial charge in [0, 0.05) is 0 Å². The molecule has 7 fully saturated rings. The second kappa shape index (κ2) is 14.9. The van der Waals surface area contributed by atoms with E-state index in [9.17, 15) is 0 Å². The molecule has 7 aliphatic rings. The predicted octanol–water partition coefficient (Wildman–Crippen LogP) is 7.97. The Labute approximate surface area is 255 Å². The van der Waals surface area contributed by atoms with Gasteiger partial charge in [0.1, 0.15) is 0 Å². The van der Waals surface area contributed by atoms with E-state index in [0.717, 1.165) is 0 Å². The van der Waals surface area contributed by atoms with Crippen LogP contribution in [0.1, 0.15) is 154 Å². The Morgan fingerprint density at radius 3 is 0.286 bits per heavy atom. The van der Waals surface area contributed by atoms with Crippen LogP contribution in [0.5, 0.6) is 0 Å². The lowest BCUT2D eigenvalue weighted by Gasteiger charge is -2.20. The first-order valence-corrected chi connectivity index (χ1v) is 18.6. The van der Waals surface area contributed by atoms with Gasteiger partial charge in [-0.25, -0.2) is 0 Å². The van der Waals surface area contributed by atoms with Gasteiger partial charge in [0.2, 0.25) is 0 Å². The molecule has 0 aromatic rings. The third kappa shape index (κ3) is 8.51. The monoisotopic (exact) mass is 588 g/mol. The summed E-state index contributed by atoms with van der Waals surface area (Å²) in [4.78, 5) is 0. The van der Waals surface area contributed by atoms with Gasteiger partial charge in [-0.1, -0.05) is 0 Å². The summed E-state index contributed by atoms with van der Waals surface area (Å²) >= 11 is 0. The van der Waals surface area contributed by atoms with Crippen LogP contribution in [0.25, 0.3) is 0 Å². The van der Waals surface area contributed by atoms with Gasteiger partial charge in [0.05, 0.1) is 73.2 Å². The largest absolute Gasteiger partial charge is 0.375 e. The van der Waals surface area contributed by atoms with Crippen molar-refractivity contribution in [3.8, 4) is 0 Å². The second-order valence-electron chi connectivity index (χ2n) is 15.2. The molecule has 0 radical (unpaired) electrons. The van der Waals surface area contributed by atoms with Gasteiger partial charge < -0.3 is 28.4 Å². The van der Waals surface area contributed by atoms with Gasteiger partial charge in [0.25, 0.3) is 0 Å². The van der Waals surface area contributed by atoms with E-state index in [1.807, 2.05) is 0 Å². The summed E-state index contributed by atoms with van der Waals surface area (Å²) in [7, 11) is 0. The molecule has 7 saturated heterocycles. The van der Waals surface area contributed by atoms with Crippen molar-refractivity contribution in [1.82, 2.24) is 0 Å². The molecule has 240 valence electrons. The Morgan fingerprint density at radius 2 is 0.214 bits per heavy atom. The molecule has 0 atom stereocenters. The van der Waals surface area contributed by atoms with Crippen LogP contribution in [0.2, 0.25) is 0 Å². The average molecular weight is 589 g/mol. The quantitative estimate of drug-likeness (QED) is 0.286. The number of ether oxygens (including phenoxy) is 6. The number of hydrogen-bond acceptors (Lipinski definition) is 6. The van der Waals surface area contributed by atoms with E-state index in [4.69, 9.17) is 28.4 Å². The molecule has 6 heteroatoms. The van der Waals surface area contributed by atoms with Crippen LogP contribution in [-0.4, -0.2) is 73.2 Å². The van der Waals surface area contributed by atoms with Crippen molar-refractivity contribution < 1.29 is 28.4 Å². The van der Waals surface area contributed by atoms with Crippen molar-refractivity contribution in [2.45, 2.75) is 227 Å². The van der Waals surface area contributed by atoms with Gasteiger partial charge in [-0.05, 0) is 154 Å². The minimum absolute atomic E-state index is 0.440. The van der Waals surface area contributed by atoms with Crippen molar-refractivity contribution in [2.24, 2.45) is 0 Å². The number of fused-ring (bicyclic) bond motifs is 12. The van der Waals surface area contributed by atoms with E-state index in [0.29, 0.717) is 73.2 Å². The molecular weight excluding hydrogens is 528 g/mol. The Hall–Kier alpha value is -0.240. The highest BCUT2D eigenvalue weighted by Gasteiger charge is 2.34. The zero-order chi connectivity index (χ0) is 28.1. The smallest absolute Gasteiger partial charge is 0.0580 e. The maximum absolute atomic E-state index is 6.50. The normalized spacial score (nSPS) is 48.0. The molecule has 0 amide bonds. The molecule has 0 aromatic carbocycles. The fraction of sp³-hybridized carbons (Fsp3) is 1.00. The van der Waals surface area contributed by atoms with E-state index in [1.165, 1.54) is 154 Å². The van der Waals surface area contributed by atoms with Crippen molar-refractivity contribution >= 4 is 0 Å². The molecule has 42 heavy (non-hydrogen) atoms. The fourth-order valence-electron chi connectivity index (χ4n) is 9.46. The summed E-state index contributed by atoms with van der Waals surface area (Å²) in [5.41, 5.74) is 0.